The number of carboxylic acid groups (broad SMARTS) is 1. The van der Waals surface area contributed by atoms with Crippen LogP contribution >= 0.6 is 7.82 Å². The third kappa shape index (κ3) is 8.22. The molecule has 1 aromatic carbocycles. The number of carboxylic acids is 1. The molecule has 1 amide bonds. The molecule has 2 saturated carbocycles. The molecule has 1 aromatic rings. The average molecular weight is 686 g/mol. The van der Waals surface area contributed by atoms with Crippen LogP contribution in [-0.2, 0) is 20.5 Å². The van der Waals surface area contributed by atoms with Gasteiger partial charge in [0.2, 0.25) is 0 Å². The van der Waals surface area contributed by atoms with Crippen molar-refractivity contribution >= 4 is 19.9 Å². The topological polar surface area (TPSA) is 142 Å². The van der Waals surface area contributed by atoms with E-state index in [1.807, 2.05) is 0 Å². The first-order chi connectivity index (χ1) is 22.6. The van der Waals surface area contributed by atoms with Crippen LogP contribution in [0.4, 0.5) is 4.79 Å². The van der Waals surface area contributed by atoms with Crippen LogP contribution in [0.2, 0.25) is 0 Å². The summed E-state index contributed by atoms with van der Waals surface area (Å²) in [7, 11) is -4.69. The molecule has 5 unspecified atom stereocenters. The van der Waals surface area contributed by atoms with Crippen LogP contribution in [0.3, 0.4) is 0 Å². The fourth-order valence-electron chi connectivity index (χ4n) is 9.87. The van der Waals surface area contributed by atoms with Gasteiger partial charge in [-0.3, -0.25) is 9.79 Å². The normalized spacial score (nSPS) is 31.0. The Bertz CT molecular complexity index is 1430. The van der Waals surface area contributed by atoms with Gasteiger partial charge in [0.1, 0.15) is 11.8 Å². The number of nitrogens with one attached hydrogen (secondary N) is 1. The van der Waals surface area contributed by atoms with E-state index in [9.17, 15) is 19.3 Å². The molecule has 4 N–H and O–H groups in total. The monoisotopic (exact) mass is 685 g/mol. The standard InChI is InChI=1S/C38H56NO8P/c1-24(2)7-6-8-25(3)31-15-16-32-30-14-11-28-21-27(17-19-37(28,4)33(30)18-20-38(31,32)5)23-46-36(42)39-34(35(40)41)22-26-9-12-29(13-10-26)47-48(43,44)45/h9-13,15,24-25,27,30,32-34H,6-8,14,16-23H2,1-5H3,(H,39,42)(H,40,41)(H2,43,44,45)/t25-,27?,30?,32+,33+,34?,37?,38?/m1/s1. The predicted molar refractivity (Wildman–Crippen MR) is 185 cm³/mol. The zero-order valence-electron chi connectivity index (χ0n) is 29.3. The molecular weight excluding hydrogens is 629 g/mol. The number of carbonyl (C=O) groups is 2. The Labute approximate surface area is 286 Å². The Kier molecular flexibility index (Phi) is 11.2. The number of phosphoric acid groups is 1. The van der Waals surface area contributed by atoms with Gasteiger partial charge >= 0.3 is 19.9 Å². The molecule has 266 valence electrons. The van der Waals surface area contributed by atoms with Crippen molar-refractivity contribution in [2.75, 3.05) is 6.61 Å². The summed E-state index contributed by atoms with van der Waals surface area (Å²) in [5.41, 5.74) is 4.34. The van der Waals surface area contributed by atoms with Gasteiger partial charge in [-0.1, -0.05) is 82.9 Å². The molecule has 0 radical (unpaired) electrons. The molecule has 48 heavy (non-hydrogen) atoms. The van der Waals surface area contributed by atoms with Gasteiger partial charge in [0.15, 0.2) is 0 Å². The van der Waals surface area contributed by atoms with Gasteiger partial charge < -0.3 is 19.7 Å². The first-order valence-corrected chi connectivity index (χ1v) is 19.5. The second-order valence-corrected chi connectivity index (χ2v) is 17.2. The van der Waals surface area contributed by atoms with Crippen molar-refractivity contribution in [2.24, 2.45) is 46.3 Å². The number of carbonyl (C=O) groups excluding carboxylic acids is 1. The van der Waals surface area contributed by atoms with Gasteiger partial charge in [0.25, 0.3) is 0 Å². The number of phosphoric ester groups is 1. The highest BCUT2D eigenvalue weighted by Gasteiger charge is 2.57. The first-order valence-electron chi connectivity index (χ1n) is 18.0. The van der Waals surface area contributed by atoms with Crippen molar-refractivity contribution in [3.63, 3.8) is 0 Å². The maximum absolute atomic E-state index is 12.7. The molecule has 0 aromatic heterocycles. The highest BCUT2D eigenvalue weighted by Crippen LogP contribution is 2.66. The molecule has 4 aliphatic rings. The van der Waals surface area contributed by atoms with Crippen molar-refractivity contribution in [3.05, 3.63) is 53.1 Å². The van der Waals surface area contributed by atoms with Gasteiger partial charge in [-0.15, -0.1) is 0 Å². The minimum Gasteiger partial charge on any atom is -0.480 e. The van der Waals surface area contributed by atoms with Gasteiger partial charge in [0, 0.05) is 6.42 Å². The molecule has 0 bridgehead atoms. The molecule has 0 spiro atoms. The number of allylic oxidation sites excluding steroid dienone is 4. The zero-order chi connectivity index (χ0) is 34.9. The fourth-order valence-corrected chi connectivity index (χ4v) is 10.3. The van der Waals surface area contributed by atoms with Crippen molar-refractivity contribution < 1.29 is 38.3 Å². The maximum atomic E-state index is 12.7. The second-order valence-electron chi connectivity index (χ2n) is 16.0. The quantitative estimate of drug-likeness (QED) is 0.120. The summed E-state index contributed by atoms with van der Waals surface area (Å²) in [5, 5.41) is 12.2. The van der Waals surface area contributed by atoms with Crippen LogP contribution < -0.4 is 9.84 Å². The summed E-state index contributed by atoms with van der Waals surface area (Å²) < 4.78 is 21.1. The number of rotatable bonds is 13. The second kappa shape index (κ2) is 14.7. The number of fused-ring (bicyclic) bond motifs is 5. The summed E-state index contributed by atoms with van der Waals surface area (Å²) in [6.45, 7) is 12.4. The van der Waals surface area contributed by atoms with Crippen LogP contribution in [0.15, 0.2) is 47.6 Å². The number of alkyl carbamates (subject to hydrolysis) is 1. The molecule has 10 heteroatoms. The Hall–Kier alpha value is -2.61. The van der Waals surface area contributed by atoms with Crippen LogP contribution in [0.5, 0.6) is 5.75 Å². The Morgan fingerprint density at radius 3 is 2.35 bits per heavy atom. The van der Waals surface area contributed by atoms with Gasteiger partial charge in [-0.05, 0) is 115 Å². The fraction of sp³-hybridized carbons (Fsp3) is 0.684. The summed E-state index contributed by atoms with van der Waals surface area (Å²) in [4.78, 5) is 42.5. The predicted octanol–water partition coefficient (Wildman–Crippen LogP) is 8.46. The first kappa shape index (κ1) is 36.7. The van der Waals surface area contributed by atoms with E-state index in [4.69, 9.17) is 14.5 Å². The van der Waals surface area contributed by atoms with Crippen LogP contribution in [0, 0.1) is 46.3 Å². The van der Waals surface area contributed by atoms with E-state index in [-0.39, 0.29) is 30.1 Å². The Morgan fingerprint density at radius 1 is 0.979 bits per heavy atom. The minimum absolute atomic E-state index is 0.0219. The average Bonchev–Trinajstić information content (AvgIpc) is 3.37. The number of amides is 1. The minimum atomic E-state index is -4.69. The highest BCUT2D eigenvalue weighted by molar-refractivity contribution is 7.46. The Balaban J connectivity index is 1.13. The molecule has 0 saturated heterocycles. The van der Waals surface area contributed by atoms with Crippen molar-refractivity contribution in [3.8, 4) is 5.75 Å². The molecule has 9 nitrogen and oxygen atoms in total. The molecule has 0 heterocycles. The van der Waals surface area contributed by atoms with E-state index in [1.54, 1.807) is 5.57 Å². The third-order valence-corrected chi connectivity index (χ3v) is 12.9. The van der Waals surface area contributed by atoms with E-state index in [0.717, 1.165) is 43.4 Å². The van der Waals surface area contributed by atoms with E-state index < -0.39 is 25.9 Å². The number of hydrogen-bond donors (Lipinski definition) is 4. The number of hydrogen-bond acceptors (Lipinski definition) is 5. The lowest BCUT2D eigenvalue weighted by Crippen LogP contribution is -2.50. The van der Waals surface area contributed by atoms with Crippen LogP contribution in [0.25, 0.3) is 0 Å². The highest BCUT2D eigenvalue weighted by atomic mass is 31.2. The lowest BCUT2D eigenvalue weighted by atomic mass is 9.46. The van der Waals surface area contributed by atoms with Crippen molar-refractivity contribution in [1.82, 2.24) is 5.32 Å². The Morgan fingerprint density at radius 2 is 1.69 bits per heavy atom. The SMILES string of the molecule is CC(C)CCC[C@@H](C)C1=CC[C@H]2C3CC=C4CC(COC(=O)NC(Cc5ccc(OP(=O)(O)O)cc5)C(=O)O)CCC4(C)[C@H]3CCC12C. The molecule has 8 atom stereocenters. The number of aliphatic carboxylic acids is 1. The smallest absolute Gasteiger partial charge is 0.480 e. The van der Waals surface area contributed by atoms with E-state index in [1.165, 1.54) is 68.4 Å². The molecule has 2 fully saturated rings. The van der Waals surface area contributed by atoms with E-state index >= 15 is 0 Å². The van der Waals surface area contributed by atoms with Gasteiger partial charge in [0.05, 0.1) is 6.61 Å². The third-order valence-electron chi connectivity index (χ3n) is 12.4. The summed E-state index contributed by atoms with van der Waals surface area (Å²) in [6, 6.07) is 4.47. The van der Waals surface area contributed by atoms with Crippen molar-refractivity contribution in [2.45, 2.75) is 111 Å². The zero-order valence-corrected chi connectivity index (χ0v) is 30.2. The maximum Gasteiger partial charge on any atom is 0.524 e. The van der Waals surface area contributed by atoms with Crippen LogP contribution in [0.1, 0.15) is 104 Å². The number of ether oxygens (including phenoxy) is 1. The summed E-state index contributed by atoms with van der Waals surface area (Å²) in [6.07, 6.45) is 16.2. The number of benzene rings is 1. The van der Waals surface area contributed by atoms with Crippen molar-refractivity contribution in [1.29, 1.82) is 0 Å². The van der Waals surface area contributed by atoms with Gasteiger partial charge in [-0.25, -0.2) is 14.2 Å². The van der Waals surface area contributed by atoms with Gasteiger partial charge in [-0.2, -0.15) is 0 Å². The summed E-state index contributed by atoms with van der Waals surface area (Å²) >= 11 is 0. The molecule has 0 aliphatic heterocycles. The van der Waals surface area contributed by atoms with E-state index in [0.29, 0.717) is 22.8 Å². The van der Waals surface area contributed by atoms with Crippen LogP contribution in [-0.4, -0.2) is 39.6 Å². The lowest BCUT2D eigenvalue weighted by molar-refractivity contribution is -0.139. The molecular formula is C38H56NO8P. The largest absolute Gasteiger partial charge is 0.524 e. The molecule has 5 rings (SSSR count). The summed E-state index contributed by atoms with van der Waals surface area (Å²) in [5.74, 6) is 2.54. The lowest BCUT2D eigenvalue weighted by Gasteiger charge is -2.58. The van der Waals surface area contributed by atoms with E-state index in [2.05, 4.69) is 56.6 Å². The molecule has 4 aliphatic carbocycles.